The van der Waals surface area contributed by atoms with E-state index in [1.807, 2.05) is 0 Å². The van der Waals surface area contributed by atoms with Crippen LogP contribution in [0.2, 0.25) is 0 Å². The van der Waals surface area contributed by atoms with Gasteiger partial charge in [-0.3, -0.25) is 4.79 Å². The summed E-state index contributed by atoms with van der Waals surface area (Å²) in [6, 6.07) is 0. The number of ether oxygens (including phenoxy) is 1. The highest BCUT2D eigenvalue weighted by atomic mass is 19.1. The van der Waals surface area contributed by atoms with E-state index in [-0.39, 0.29) is 5.92 Å². The third-order valence-corrected chi connectivity index (χ3v) is 0.750. The maximum atomic E-state index is 11.9. The van der Waals surface area contributed by atoms with Crippen LogP contribution in [0, 0.1) is 5.92 Å². The molecule has 0 heterocycles. The third kappa shape index (κ3) is 3.94. The molecule has 0 saturated carbocycles. The van der Waals surface area contributed by atoms with Crippen LogP contribution >= 0.6 is 0 Å². The van der Waals surface area contributed by atoms with Crippen LogP contribution in [0.1, 0.15) is 20.8 Å². The Balaban J connectivity index is 3.51. The molecule has 0 aromatic carbocycles. The highest BCUT2D eigenvalue weighted by molar-refractivity contribution is 5.71. The van der Waals surface area contributed by atoms with Crippen LogP contribution in [-0.2, 0) is 9.53 Å². The average molecular weight is 134 g/mol. The predicted octanol–water partition coefficient (Wildman–Crippen LogP) is 1.50. The van der Waals surface area contributed by atoms with Crippen LogP contribution < -0.4 is 0 Å². The lowest BCUT2D eigenvalue weighted by molar-refractivity contribution is -0.159. The Morgan fingerprint density at radius 1 is 1.44 bits per heavy atom. The van der Waals surface area contributed by atoms with Crippen LogP contribution in [0.3, 0.4) is 0 Å². The van der Waals surface area contributed by atoms with Gasteiger partial charge in [0.15, 0.2) is 0 Å². The predicted molar refractivity (Wildman–Crippen MR) is 31.5 cm³/mol. The maximum absolute atomic E-state index is 11.9. The minimum Gasteiger partial charge on any atom is -0.431 e. The van der Waals surface area contributed by atoms with Crippen molar-refractivity contribution >= 4 is 5.97 Å². The van der Waals surface area contributed by atoms with E-state index in [1.54, 1.807) is 13.8 Å². The molecule has 3 heteroatoms. The number of hydrogen-bond acceptors (Lipinski definition) is 2. The lowest BCUT2D eigenvalue weighted by Gasteiger charge is -2.06. The summed E-state index contributed by atoms with van der Waals surface area (Å²) in [5, 5.41) is 0. The highest BCUT2D eigenvalue weighted by Crippen LogP contribution is 1.99. The first-order valence-corrected chi connectivity index (χ1v) is 2.88. The van der Waals surface area contributed by atoms with E-state index in [9.17, 15) is 9.18 Å². The molecule has 0 aliphatic carbocycles. The Bertz CT molecular complexity index is 99.2. The van der Waals surface area contributed by atoms with Crippen molar-refractivity contribution in [2.24, 2.45) is 5.92 Å². The van der Waals surface area contributed by atoms with Crippen molar-refractivity contribution in [3.05, 3.63) is 0 Å². The molecule has 0 fully saturated rings. The second-order valence-corrected chi connectivity index (χ2v) is 2.13. The lowest BCUT2D eigenvalue weighted by Crippen LogP contribution is -2.15. The van der Waals surface area contributed by atoms with E-state index in [0.717, 1.165) is 0 Å². The van der Waals surface area contributed by atoms with Crippen molar-refractivity contribution in [2.45, 2.75) is 27.1 Å². The van der Waals surface area contributed by atoms with Crippen molar-refractivity contribution in [3.8, 4) is 0 Å². The molecule has 0 radical (unpaired) electrons. The molecule has 0 aromatic heterocycles. The molecule has 0 spiro atoms. The van der Waals surface area contributed by atoms with Crippen LogP contribution in [0.5, 0.6) is 0 Å². The van der Waals surface area contributed by atoms with Crippen molar-refractivity contribution in [2.75, 3.05) is 0 Å². The Kier molecular flexibility index (Phi) is 3.20. The van der Waals surface area contributed by atoms with Gasteiger partial charge in [-0.15, -0.1) is 0 Å². The summed E-state index contributed by atoms with van der Waals surface area (Å²) in [6.07, 6.45) is -1.49. The summed E-state index contributed by atoms with van der Waals surface area (Å²) in [4.78, 5) is 10.5. The first-order valence-electron chi connectivity index (χ1n) is 2.88. The van der Waals surface area contributed by atoms with Gasteiger partial charge in [-0.05, 0) is 0 Å². The zero-order chi connectivity index (χ0) is 7.44. The molecular formula is C6H11FO2. The Hall–Kier alpha value is -0.600. The van der Waals surface area contributed by atoms with Gasteiger partial charge in [-0.1, -0.05) is 13.8 Å². The lowest BCUT2D eigenvalue weighted by atomic mass is 10.2. The molecule has 0 rings (SSSR count). The van der Waals surface area contributed by atoms with E-state index in [2.05, 4.69) is 4.74 Å². The second kappa shape index (κ2) is 3.43. The molecular weight excluding hydrogens is 123 g/mol. The minimum atomic E-state index is -1.49. The monoisotopic (exact) mass is 134 g/mol. The van der Waals surface area contributed by atoms with E-state index >= 15 is 0 Å². The van der Waals surface area contributed by atoms with Gasteiger partial charge in [0.05, 0.1) is 5.92 Å². The SMILES string of the molecule is CC(F)OC(=O)C(C)C. The number of carbonyl (C=O) groups is 1. The molecule has 0 N–H and O–H groups in total. The fourth-order valence-corrected chi connectivity index (χ4v) is 0.296. The normalized spacial score (nSPS) is 13.4. The van der Waals surface area contributed by atoms with Crippen LogP contribution in [0.25, 0.3) is 0 Å². The molecule has 0 bridgehead atoms. The number of esters is 1. The van der Waals surface area contributed by atoms with Crippen molar-refractivity contribution in [3.63, 3.8) is 0 Å². The fourth-order valence-electron chi connectivity index (χ4n) is 0.296. The molecule has 54 valence electrons. The Morgan fingerprint density at radius 2 is 1.89 bits per heavy atom. The van der Waals surface area contributed by atoms with Crippen LogP contribution in [0.15, 0.2) is 0 Å². The average Bonchev–Trinajstić information content (AvgIpc) is 1.63. The van der Waals surface area contributed by atoms with E-state index < -0.39 is 12.3 Å². The van der Waals surface area contributed by atoms with Gasteiger partial charge >= 0.3 is 5.97 Å². The number of halogens is 1. The minimum absolute atomic E-state index is 0.247. The van der Waals surface area contributed by atoms with Crippen LogP contribution in [0.4, 0.5) is 4.39 Å². The van der Waals surface area contributed by atoms with E-state index in [4.69, 9.17) is 0 Å². The smallest absolute Gasteiger partial charge is 0.310 e. The van der Waals surface area contributed by atoms with E-state index in [0.29, 0.717) is 0 Å². The number of hydrogen-bond donors (Lipinski definition) is 0. The van der Waals surface area contributed by atoms with Crippen molar-refractivity contribution in [1.29, 1.82) is 0 Å². The van der Waals surface area contributed by atoms with Gasteiger partial charge in [-0.2, -0.15) is 0 Å². The second-order valence-electron chi connectivity index (χ2n) is 2.13. The van der Waals surface area contributed by atoms with Gasteiger partial charge in [0.25, 0.3) is 0 Å². The Morgan fingerprint density at radius 3 is 2.00 bits per heavy atom. The van der Waals surface area contributed by atoms with Gasteiger partial charge in [-0.25, -0.2) is 4.39 Å². The topological polar surface area (TPSA) is 26.3 Å². The number of alkyl halides is 1. The fraction of sp³-hybridized carbons (Fsp3) is 0.833. The summed E-state index contributed by atoms with van der Waals surface area (Å²) in [5.41, 5.74) is 0. The van der Waals surface area contributed by atoms with Gasteiger partial charge in [0.1, 0.15) is 0 Å². The Labute approximate surface area is 54.0 Å². The largest absolute Gasteiger partial charge is 0.431 e. The summed E-state index contributed by atoms with van der Waals surface area (Å²) in [5.74, 6) is -0.742. The first kappa shape index (κ1) is 8.40. The molecule has 9 heavy (non-hydrogen) atoms. The summed E-state index contributed by atoms with van der Waals surface area (Å²) >= 11 is 0. The summed E-state index contributed by atoms with van der Waals surface area (Å²) in [6.45, 7) is 4.50. The third-order valence-electron chi connectivity index (χ3n) is 0.750. The highest BCUT2D eigenvalue weighted by Gasteiger charge is 2.10. The van der Waals surface area contributed by atoms with Crippen LogP contribution in [-0.4, -0.2) is 12.3 Å². The summed E-state index contributed by atoms with van der Waals surface area (Å²) in [7, 11) is 0. The zero-order valence-electron chi connectivity index (χ0n) is 5.85. The zero-order valence-corrected chi connectivity index (χ0v) is 5.85. The molecule has 1 atom stereocenters. The van der Waals surface area contributed by atoms with Crippen molar-refractivity contribution in [1.82, 2.24) is 0 Å². The van der Waals surface area contributed by atoms with E-state index in [1.165, 1.54) is 6.92 Å². The molecule has 2 nitrogen and oxygen atoms in total. The quantitative estimate of drug-likeness (QED) is 0.535. The molecule has 0 aliphatic rings. The standard InChI is InChI=1S/C6H11FO2/c1-4(2)6(8)9-5(3)7/h4-5H,1-3H3. The molecule has 0 amide bonds. The van der Waals surface area contributed by atoms with Gasteiger partial charge in [0, 0.05) is 6.92 Å². The van der Waals surface area contributed by atoms with Gasteiger partial charge in [0.2, 0.25) is 6.36 Å². The first-order chi connectivity index (χ1) is 4.04. The maximum Gasteiger partial charge on any atom is 0.310 e. The molecule has 0 aromatic rings. The van der Waals surface area contributed by atoms with Gasteiger partial charge < -0.3 is 4.74 Å². The summed E-state index contributed by atoms with van der Waals surface area (Å²) < 4.78 is 16.1. The molecule has 0 saturated heterocycles. The number of carbonyl (C=O) groups excluding carboxylic acids is 1. The van der Waals surface area contributed by atoms with Crippen molar-refractivity contribution < 1.29 is 13.9 Å². The molecule has 0 aliphatic heterocycles. The molecule has 1 unspecified atom stereocenters. The number of rotatable bonds is 2.